The Morgan fingerprint density at radius 2 is 2.16 bits per heavy atom. The van der Waals surface area contributed by atoms with Crippen molar-refractivity contribution in [3.63, 3.8) is 0 Å². The molecule has 0 radical (unpaired) electrons. The lowest BCUT2D eigenvalue weighted by molar-refractivity contribution is -0.145. The van der Waals surface area contributed by atoms with Gasteiger partial charge in [-0.25, -0.2) is 9.67 Å². The van der Waals surface area contributed by atoms with Crippen molar-refractivity contribution in [3.05, 3.63) is 11.6 Å². The third kappa shape index (κ3) is 2.96. The summed E-state index contributed by atoms with van der Waals surface area (Å²) in [7, 11) is 0. The minimum atomic E-state index is -0.701. The SMILES string of the molecule is CCCC1CCC(C(=O)O)C(n2nc(C)nc2C)C1. The van der Waals surface area contributed by atoms with Crippen LogP contribution in [0, 0.1) is 25.7 Å². The van der Waals surface area contributed by atoms with E-state index in [-0.39, 0.29) is 12.0 Å². The fourth-order valence-electron chi connectivity index (χ4n) is 3.31. The van der Waals surface area contributed by atoms with Gasteiger partial charge in [0.15, 0.2) is 0 Å². The summed E-state index contributed by atoms with van der Waals surface area (Å²) in [5.74, 6) is 1.14. The Hall–Kier alpha value is -1.39. The second-order valence-electron chi connectivity index (χ2n) is 5.63. The maximum absolute atomic E-state index is 11.5. The van der Waals surface area contributed by atoms with Crippen LogP contribution in [0.15, 0.2) is 0 Å². The molecule has 1 aromatic heterocycles. The van der Waals surface area contributed by atoms with E-state index in [2.05, 4.69) is 17.0 Å². The number of carboxylic acid groups (broad SMARTS) is 1. The van der Waals surface area contributed by atoms with Gasteiger partial charge in [0.05, 0.1) is 12.0 Å². The van der Waals surface area contributed by atoms with Crippen molar-refractivity contribution in [2.45, 2.75) is 58.9 Å². The van der Waals surface area contributed by atoms with Crippen LogP contribution in [0.4, 0.5) is 0 Å². The first-order chi connectivity index (χ1) is 9.02. The number of aryl methyl sites for hydroxylation is 2. The number of nitrogens with zero attached hydrogens (tertiary/aromatic N) is 3. The van der Waals surface area contributed by atoms with E-state index in [0.29, 0.717) is 5.92 Å². The molecule has 106 valence electrons. The fraction of sp³-hybridized carbons (Fsp3) is 0.786. The van der Waals surface area contributed by atoms with Crippen molar-refractivity contribution >= 4 is 5.97 Å². The standard InChI is InChI=1S/C14H23N3O2/c1-4-5-11-6-7-12(14(18)19)13(8-11)17-10(3)15-9(2)16-17/h11-13H,4-8H2,1-3H3,(H,18,19). The first kappa shape index (κ1) is 14.0. The maximum atomic E-state index is 11.5. The Bertz CT molecular complexity index is 456. The van der Waals surface area contributed by atoms with E-state index in [4.69, 9.17) is 0 Å². The Morgan fingerprint density at radius 1 is 1.42 bits per heavy atom. The van der Waals surface area contributed by atoms with Crippen LogP contribution in [0.5, 0.6) is 0 Å². The summed E-state index contributed by atoms with van der Waals surface area (Å²) in [6.07, 6.45) is 5.02. The van der Waals surface area contributed by atoms with Gasteiger partial charge in [-0.1, -0.05) is 19.8 Å². The van der Waals surface area contributed by atoms with Crippen molar-refractivity contribution in [1.29, 1.82) is 0 Å². The van der Waals surface area contributed by atoms with Crippen LogP contribution in [-0.4, -0.2) is 25.8 Å². The molecule has 19 heavy (non-hydrogen) atoms. The van der Waals surface area contributed by atoms with Gasteiger partial charge in [0.25, 0.3) is 0 Å². The second-order valence-corrected chi connectivity index (χ2v) is 5.63. The number of aromatic nitrogens is 3. The maximum Gasteiger partial charge on any atom is 0.308 e. The first-order valence-electron chi connectivity index (χ1n) is 7.15. The van der Waals surface area contributed by atoms with Crippen LogP contribution in [0.2, 0.25) is 0 Å². The van der Waals surface area contributed by atoms with Gasteiger partial charge in [-0.3, -0.25) is 4.79 Å². The van der Waals surface area contributed by atoms with Gasteiger partial charge < -0.3 is 5.11 Å². The van der Waals surface area contributed by atoms with Crippen LogP contribution in [0.25, 0.3) is 0 Å². The van der Waals surface area contributed by atoms with Gasteiger partial charge in [-0.05, 0) is 39.0 Å². The summed E-state index contributed by atoms with van der Waals surface area (Å²) in [5.41, 5.74) is 0. The topological polar surface area (TPSA) is 68.0 Å². The number of hydrogen-bond acceptors (Lipinski definition) is 3. The summed E-state index contributed by atoms with van der Waals surface area (Å²) in [6.45, 7) is 5.94. The lowest BCUT2D eigenvalue weighted by Crippen LogP contribution is -2.33. The molecule has 3 unspecified atom stereocenters. The summed E-state index contributed by atoms with van der Waals surface area (Å²) in [5, 5.41) is 13.8. The van der Waals surface area contributed by atoms with E-state index in [1.165, 1.54) is 6.42 Å². The van der Waals surface area contributed by atoms with Crippen molar-refractivity contribution < 1.29 is 9.90 Å². The van der Waals surface area contributed by atoms with E-state index in [9.17, 15) is 9.90 Å². The molecule has 0 amide bonds. The highest BCUT2D eigenvalue weighted by molar-refractivity contribution is 5.70. The predicted octanol–water partition coefficient (Wildman–Crippen LogP) is 2.74. The van der Waals surface area contributed by atoms with Crippen LogP contribution >= 0.6 is 0 Å². The molecule has 0 saturated heterocycles. The Morgan fingerprint density at radius 3 is 2.68 bits per heavy atom. The molecule has 5 nitrogen and oxygen atoms in total. The van der Waals surface area contributed by atoms with Crippen molar-refractivity contribution in [2.75, 3.05) is 0 Å². The van der Waals surface area contributed by atoms with Gasteiger partial charge in [-0.15, -0.1) is 0 Å². The van der Waals surface area contributed by atoms with Gasteiger partial charge in [0.2, 0.25) is 0 Å². The molecule has 3 atom stereocenters. The van der Waals surface area contributed by atoms with E-state index >= 15 is 0 Å². The Kier molecular flexibility index (Phi) is 4.22. The van der Waals surface area contributed by atoms with Crippen molar-refractivity contribution in [3.8, 4) is 0 Å². The molecule has 0 aliphatic heterocycles. The fourth-order valence-corrected chi connectivity index (χ4v) is 3.31. The lowest BCUT2D eigenvalue weighted by Gasteiger charge is -2.34. The van der Waals surface area contributed by atoms with E-state index < -0.39 is 5.97 Å². The van der Waals surface area contributed by atoms with E-state index in [0.717, 1.165) is 37.3 Å². The molecule has 1 aromatic rings. The second kappa shape index (κ2) is 5.72. The van der Waals surface area contributed by atoms with Crippen LogP contribution < -0.4 is 0 Å². The Labute approximate surface area is 114 Å². The highest BCUT2D eigenvalue weighted by atomic mass is 16.4. The number of aliphatic carboxylic acids is 1. The third-order valence-electron chi connectivity index (χ3n) is 4.16. The zero-order valence-corrected chi connectivity index (χ0v) is 12.0. The summed E-state index contributed by atoms with van der Waals surface area (Å²) in [6, 6.07) is -0.0380. The van der Waals surface area contributed by atoms with Gasteiger partial charge in [0, 0.05) is 0 Å². The largest absolute Gasteiger partial charge is 0.481 e. The Balaban J connectivity index is 2.25. The van der Waals surface area contributed by atoms with Crippen LogP contribution in [0.3, 0.4) is 0 Å². The lowest BCUT2D eigenvalue weighted by atomic mass is 9.76. The molecular weight excluding hydrogens is 242 g/mol. The average molecular weight is 265 g/mol. The molecule has 1 N–H and O–H groups in total. The minimum absolute atomic E-state index is 0.0380. The third-order valence-corrected chi connectivity index (χ3v) is 4.16. The molecule has 0 aromatic carbocycles. The highest BCUT2D eigenvalue weighted by Crippen LogP contribution is 2.39. The van der Waals surface area contributed by atoms with Crippen molar-refractivity contribution in [2.24, 2.45) is 11.8 Å². The highest BCUT2D eigenvalue weighted by Gasteiger charge is 2.37. The zero-order chi connectivity index (χ0) is 14.0. The normalized spacial score (nSPS) is 27.4. The molecule has 0 bridgehead atoms. The summed E-state index contributed by atoms with van der Waals surface area (Å²) >= 11 is 0. The summed E-state index contributed by atoms with van der Waals surface area (Å²) in [4.78, 5) is 15.8. The van der Waals surface area contributed by atoms with Crippen LogP contribution in [0.1, 0.15) is 56.7 Å². The van der Waals surface area contributed by atoms with Gasteiger partial charge in [-0.2, -0.15) is 5.10 Å². The predicted molar refractivity (Wildman–Crippen MR) is 71.9 cm³/mol. The molecular formula is C14H23N3O2. The van der Waals surface area contributed by atoms with Crippen LogP contribution in [-0.2, 0) is 4.79 Å². The minimum Gasteiger partial charge on any atom is -0.481 e. The molecule has 1 aliphatic carbocycles. The molecule has 5 heteroatoms. The van der Waals surface area contributed by atoms with E-state index in [1.54, 1.807) is 0 Å². The van der Waals surface area contributed by atoms with Gasteiger partial charge in [0.1, 0.15) is 11.6 Å². The molecule has 1 heterocycles. The quantitative estimate of drug-likeness (QED) is 0.909. The van der Waals surface area contributed by atoms with Gasteiger partial charge >= 0.3 is 5.97 Å². The average Bonchev–Trinajstić information content (AvgIpc) is 2.68. The number of rotatable bonds is 4. The zero-order valence-electron chi connectivity index (χ0n) is 12.0. The molecule has 2 rings (SSSR count). The van der Waals surface area contributed by atoms with Crippen molar-refractivity contribution in [1.82, 2.24) is 14.8 Å². The smallest absolute Gasteiger partial charge is 0.308 e. The molecule has 1 aliphatic rings. The number of hydrogen-bond donors (Lipinski definition) is 1. The first-order valence-corrected chi connectivity index (χ1v) is 7.15. The number of carbonyl (C=O) groups is 1. The molecule has 1 saturated carbocycles. The molecule has 1 fully saturated rings. The van der Waals surface area contributed by atoms with E-state index in [1.807, 2.05) is 18.5 Å². The summed E-state index contributed by atoms with van der Waals surface area (Å²) < 4.78 is 1.84. The number of carboxylic acids is 1. The monoisotopic (exact) mass is 265 g/mol. The molecule has 0 spiro atoms.